The number of piperidine rings is 1. The van der Waals surface area contributed by atoms with Crippen LogP contribution in [0.5, 0.6) is 0 Å². The molecule has 0 bridgehead atoms. The molecule has 0 aliphatic carbocycles. The summed E-state index contributed by atoms with van der Waals surface area (Å²) < 4.78 is 15.2. The number of anilines is 1. The molecule has 4 heterocycles. The van der Waals surface area contributed by atoms with Crippen molar-refractivity contribution in [3.05, 3.63) is 42.6 Å². The van der Waals surface area contributed by atoms with Crippen molar-refractivity contribution in [2.24, 2.45) is 0 Å². The van der Waals surface area contributed by atoms with Crippen LogP contribution in [0.2, 0.25) is 0 Å². The molecule has 3 aromatic heterocycles. The minimum atomic E-state index is -1.39. The zero-order valence-electron chi connectivity index (χ0n) is 15.6. The van der Waals surface area contributed by atoms with Crippen LogP contribution in [-0.4, -0.2) is 72.2 Å². The number of rotatable bonds is 5. The first-order valence-electron chi connectivity index (χ1n) is 9.35. The zero-order valence-corrected chi connectivity index (χ0v) is 15.6. The van der Waals surface area contributed by atoms with Crippen LogP contribution >= 0.6 is 0 Å². The third kappa shape index (κ3) is 4.03. The van der Waals surface area contributed by atoms with E-state index in [1.54, 1.807) is 28.9 Å². The van der Waals surface area contributed by atoms with E-state index < -0.39 is 18.6 Å². The third-order valence-corrected chi connectivity index (χ3v) is 4.90. The van der Waals surface area contributed by atoms with Crippen LogP contribution in [0.4, 0.5) is 10.2 Å². The number of nitrogens with zero attached hydrogens (tertiary/aromatic N) is 5. The molecular weight excluding hydrogens is 379 g/mol. The summed E-state index contributed by atoms with van der Waals surface area (Å²) in [4.78, 5) is 26.7. The van der Waals surface area contributed by atoms with Crippen LogP contribution in [0, 0.1) is 5.82 Å². The number of fused-ring (bicyclic) bond motifs is 1. The summed E-state index contributed by atoms with van der Waals surface area (Å²) in [6.07, 6.45) is 4.73. The van der Waals surface area contributed by atoms with E-state index in [1.807, 2.05) is 0 Å². The second-order valence-corrected chi connectivity index (χ2v) is 6.95. The number of hydrogen-bond acceptors (Lipinski definition) is 7. The maximum Gasteiger partial charge on any atom is 0.253 e. The Morgan fingerprint density at radius 1 is 1.34 bits per heavy atom. The highest BCUT2D eigenvalue weighted by Gasteiger charge is 2.27. The molecule has 4 rings (SSSR count). The Balaban J connectivity index is 1.52. The summed E-state index contributed by atoms with van der Waals surface area (Å²) in [6.45, 7) is 0.342. The topological polar surface area (TPSA) is 116 Å². The van der Waals surface area contributed by atoms with Crippen molar-refractivity contribution in [1.82, 2.24) is 24.3 Å². The van der Waals surface area contributed by atoms with Gasteiger partial charge in [-0.25, -0.2) is 19.3 Å². The van der Waals surface area contributed by atoms with Crippen molar-refractivity contribution in [2.75, 3.05) is 25.0 Å². The van der Waals surface area contributed by atoms with Crippen molar-refractivity contribution in [3.8, 4) is 11.5 Å². The maximum absolute atomic E-state index is 13.6. The molecule has 9 nitrogen and oxygen atoms in total. The van der Waals surface area contributed by atoms with Gasteiger partial charge in [0.2, 0.25) is 0 Å². The normalized spacial score (nSPS) is 18.0. The molecule has 0 unspecified atom stereocenters. The van der Waals surface area contributed by atoms with Crippen molar-refractivity contribution < 1.29 is 19.4 Å². The number of amides is 1. The lowest BCUT2D eigenvalue weighted by atomic mass is 10.0. The summed E-state index contributed by atoms with van der Waals surface area (Å²) in [5.41, 5.74) is 1.15. The molecule has 1 aliphatic heterocycles. The number of hydrogen-bond donors (Lipinski definition) is 3. The Morgan fingerprint density at radius 2 is 2.21 bits per heavy atom. The Kier molecular flexibility index (Phi) is 5.36. The Bertz CT molecular complexity index is 1030. The molecule has 1 aliphatic rings. The second-order valence-electron chi connectivity index (χ2n) is 6.95. The van der Waals surface area contributed by atoms with Gasteiger partial charge < -0.3 is 20.4 Å². The van der Waals surface area contributed by atoms with Gasteiger partial charge >= 0.3 is 0 Å². The van der Waals surface area contributed by atoms with Gasteiger partial charge in [0, 0.05) is 31.5 Å². The number of pyridine rings is 1. The largest absolute Gasteiger partial charge is 0.393 e. The van der Waals surface area contributed by atoms with Gasteiger partial charge in [-0.1, -0.05) is 0 Å². The molecule has 0 radical (unpaired) electrons. The monoisotopic (exact) mass is 400 g/mol. The number of imidazole rings is 1. The van der Waals surface area contributed by atoms with Gasteiger partial charge in [-0.15, -0.1) is 0 Å². The molecule has 10 heteroatoms. The van der Waals surface area contributed by atoms with E-state index in [2.05, 4.69) is 20.3 Å². The lowest BCUT2D eigenvalue weighted by Crippen LogP contribution is -2.49. The number of nitrogens with one attached hydrogen (secondary N) is 1. The van der Waals surface area contributed by atoms with Crippen molar-refractivity contribution >= 4 is 17.4 Å². The lowest BCUT2D eigenvalue weighted by Gasteiger charge is -2.34. The Morgan fingerprint density at radius 3 is 3.03 bits per heavy atom. The SMILES string of the molecule is O=C([C@@H](O)CO)N1CCC[C@@H](Nc2ccnc(-c3cnc4ccc(F)cn34)n2)C1. The minimum Gasteiger partial charge on any atom is -0.393 e. The van der Waals surface area contributed by atoms with E-state index in [9.17, 15) is 14.3 Å². The van der Waals surface area contributed by atoms with E-state index in [1.165, 1.54) is 17.2 Å². The average molecular weight is 400 g/mol. The predicted molar refractivity (Wildman–Crippen MR) is 102 cm³/mol. The fourth-order valence-electron chi connectivity index (χ4n) is 3.48. The number of carbonyl (C=O) groups is 1. The summed E-state index contributed by atoms with van der Waals surface area (Å²) in [7, 11) is 0. The highest BCUT2D eigenvalue weighted by atomic mass is 19.1. The zero-order chi connectivity index (χ0) is 20.4. The van der Waals surface area contributed by atoms with Crippen LogP contribution in [0.25, 0.3) is 17.2 Å². The number of likely N-dealkylation sites (tertiary alicyclic amines) is 1. The molecule has 29 heavy (non-hydrogen) atoms. The van der Waals surface area contributed by atoms with Gasteiger partial charge in [-0.2, -0.15) is 0 Å². The van der Waals surface area contributed by atoms with Crippen LogP contribution in [0.3, 0.4) is 0 Å². The molecule has 1 fully saturated rings. The minimum absolute atomic E-state index is 0.0547. The van der Waals surface area contributed by atoms with Crippen LogP contribution < -0.4 is 5.32 Å². The van der Waals surface area contributed by atoms with Crippen LogP contribution in [-0.2, 0) is 4.79 Å². The highest BCUT2D eigenvalue weighted by molar-refractivity contribution is 5.81. The van der Waals surface area contributed by atoms with Crippen molar-refractivity contribution in [1.29, 1.82) is 0 Å². The summed E-state index contributed by atoms with van der Waals surface area (Å²) >= 11 is 0. The molecule has 0 saturated carbocycles. The van der Waals surface area contributed by atoms with Crippen LogP contribution in [0.1, 0.15) is 12.8 Å². The van der Waals surface area contributed by atoms with Gasteiger partial charge in [0.15, 0.2) is 11.9 Å². The van der Waals surface area contributed by atoms with Crippen molar-refractivity contribution in [2.45, 2.75) is 25.0 Å². The van der Waals surface area contributed by atoms with Gasteiger partial charge in [0.1, 0.15) is 23.0 Å². The van der Waals surface area contributed by atoms with Gasteiger partial charge in [-0.3, -0.25) is 9.20 Å². The average Bonchev–Trinajstić information content (AvgIpc) is 3.16. The molecule has 1 saturated heterocycles. The van der Waals surface area contributed by atoms with Crippen LogP contribution in [0.15, 0.2) is 36.8 Å². The molecule has 2 atom stereocenters. The first kappa shape index (κ1) is 19.2. The van der Waals surface area contributed by atoms with Crippen molar-refractivity contribution in [3.63, 3.8) is 0 Å². The molecule has 1 amide bonds. The number of carbonyl (C=O) groups excluding carboxylic acids is 1. The van der Waals surface area contributed by atoms with Gasteiger partial charge in [-0.05, 0) is 31.0 Å². The number of aliphatic hydroxyl groups excluding tert-OH is 2. The molecule has 3 aromatic rings. The summed E-state index contributed by atoms with van der Waals surface area (Å²) in [6, 6.07) is 4.59. The standard InChI is InChI=1S/C19H21FN6O3/c20-12-3-4-17-22-8-14(26(17)9-12)18-21-6-5-16(24-18)23-13-2-1-7-25(10-13)19(29)15(28)11-27/h3-6,8-9,13,15,27-28H,1-2,7,10-11H2,(H,21,23,24)/t13-,15+/m1/s1. The quantitative estimate of drug-likeness (QED) is 0.577. The second kappa shape index (κ2) is 8.10. The molecule has 0 spiro atoms. The highest BCUT2D eigenvalue weighted by Crippen LogP contribution is 2.20. The predicted octanol–water partition coefficient (Wildman–Crippen LogP) is 0.686. The first-order valence-corrected chi connectivity index (χ1v) is 9.35. The fraction of sp³-hybridized carbons (Fsp3) is 0.368. The smallest absolute Gasteiger partial charge is 0.253 e. The molecule has 0 aromatic carbocycles. The Labute approximate surface area is 165 Å². The molecule has 152 valence electrons. The summed E-state index contributed by atoms with van der Waals surface area (Å²) in [5, 5.41) is 21.9. The van der Waals surface area contributed by atoms with Gasteiger partial charge in [0.05, 0.1) is 12.8 Å². The summed E-state index contributed by atoms with van der Waals surface area (Å²) in [5.74, 6) is 0.106. The Hall–Kier alpha value is -3.11. The maximum atomic E-state index is 13.6. The lowest BCUT2D eigenvalue weighted by molar-refractivity contribution is -0.143. The third-order valence-electron chi connectivity index (χ3n) is 4.90. The van der Waals surface area contributed by atoms with E-state index in [0.29, 0.717) is 36.1 Å². The van der Waals surface area contributed by atoms with Gasteiger partial charge in [0.25, 0.3) is 5.91 Å². The number of aliphatic hydroxyl groups is 2. The fourth-order valence-corrected chi connectivity index (χ4v) is 3.48. The van der Waals surface area contributed by atoms with E-state index in [-0.39, 0.29) is 11.9 Å². The van der Waals surface area contributed by atoms with E-state index in [0.717, 1.165) is 12.8 Å². The number of halogens is 1. The van der Waals surface area contributed by atoms with E-state index >= 15 is 0 Å². The first-order chi connectivity index (χ1) is 14.0. The number of aromatic nitrogens is 4. The molecule has 3 N–H and O–H groups in total. The van der Waals surface area contributed by atoms with E-state index in [4.69, 9.17) is 5.11 Å². The molecular formula is C19H21FN6O3.